The van der Waals surface area contributed by atoms with Gasteiger partial charge in [-0.3, -0.25) is 14.4 Å². The third-order valence-corrected chi connectivity index (χ3v) is 17.5. The maximum Gasteiger partial charge on any atom is 0.271 e. The number of piperidine rings is 4. The highest BCUT2D eigenvalue weighted by atomic mass is 16.1. The quantitative estimate of drug-likeness (QED) is 0.0703. The van der Waals surface area contributed by atoms with Crippen molar-refractivity contribution >= 4 is 52.2 Å². The zero-order chi connectivity index (χ0) is 51.7. The van der Waals surface area contributed by atoms with Crippen molar-refractivity contribution in [1.82, 2.24) is 29.7 Å². The number of ketones is 1. The molecular weight excluding hydrogens is 927 g/mol. The first-order valence-corrected chi connectivity index (χ1v) is 27.9. The predicted octanol–water partition coefficient (Wildman–Crippen LogP) is 8.95. The summed E-state index contributed by atoms with van der Waals surface area (Å²) in [5.41, 5.74) is 22.3. The molecule has 396 valence electrons. The van der Waals surface area contributed by atoms with Gasteiger partial charge in [-0.15, -0.1) is 0 Å². The minimum absolute atomic E-state index is 0.0639. The van der Waals surface area contributed by atoms with Gasteiger partial charge in [0.15, 0.2) is 28.8 Å². The number of allylic oxidation sites excluding steroid dienone is 1. The van der Waals surface area contributed by atoms with Crippen molar-refractivity contribution in [2.75, 3.05) is 59.7 Å². The van der Waals surface area contributed by atoms with Crippen LogP contribution in [0.3, 0.4) is 0 Å². The number of aromatic nitrogens is 4. The lowest BCUT2D eigenvalue weighted by Gasteiger charge is -2.40. The van der Waals surface area contributed by atoms with Gasteiger partial charge < -0.3 is 47.4 Å². The van der Waals surface area contributed by atoms with E-state index in [1.807, 2.05) is 0 Å². The molecule has 4 saturated heterocycles. The Bertz CT molecular complexity index is 2530. The third-order valence-electron chi connectivity index (χ3n) is 17.5. The van der Waals surface area contributed by atoms with Crippen LogP contribution in [0.5, 0.6) is 0 Å². The fourth-order valence-electron chi connectivity index (χ4n) is 12.9. The molecule has 4 aromatic rings. The summed E-state index contributed by atoms with van der Waals surface area (Å²) in [6.45, 7) is 14.3. The van der Waals surface area contributed by atoms with Gasteiger partial charge in [0.25, 0.3) is 11.8 Å². The number of primary amides is 2. The number of anilines is 6. The van der Waals surface area contributed by atoms with Crippen molar-refractivity contribution in [2.45, 2.75) is 165 Å². The molecule has 6 aliphatic rings. The summed E-state index contributed by atoms with van der Waals surface area (Å²) in [5, 5.41) is 6.59. The fraction of sp³-hybridized carbons (Fsp3) is 0.569. The fourth-order valence-corrected chi connectivity index (χ4v) is 12.9. The molecule has 74 heavy (non-hydrogen) atoms. The summed E-state index contributed by atoms with van der Waals surface area (Å²) >= 11 is 0. The van der Waals surface area contributed by atoms with E-state index in [1.54, 1.807) is 12.4 Å². The van der Waals surface area contributed by atoms with Crippen LogP contribution in [0.2, 0.25) is 0 Å². The number of carbonyl (C=O) groups is 3. The van der Waals surface area contributed by atoms with Crippen molar-refractivity contribution < 1.29 is 14.4 Å². The molecule has 6 heterocycles. The molecule has 2 aromatic carbocycles. The van der Waals surface area contributed by atoms with E-state index < -0.39 is 11.8 Å². The smallest absolute Gasteiger partial charge is 0.271 e. The van der Waals surface area contributed by atoms with E-state index in [2.05, 4.69) is 109 Å². The summed E-state index contributed by atoms with van der Waals surface area (Å²) in [5.74, 6) is 2.39. The first kappa shape index (κ1) is 52.9. The summed E-state index contributed by atoms with van der Waals surface area (Å²) in [6.07, 6.45) is 25.0. The second-order valence-electron chi connectivity index (χ2n) is 22.0. The van der Waals surface area contributed by atoms with Gasteiger partial charge in [0.1, 0.15) is 11.6 Å². The number of nitrogens with one attached hydrogen (secondary N) is 2. The first-order valence-electron chi connectivity index (χ1n) is 27.9. The van der Waals surface area contributed by atoms with E-state index in [0.29, 0.717) is 41.5 Å². The van der Waals surface area contributed by atoms with E-state index in [0.717, 1.165) is 62.2 Å². The van der Waals surface area contributed by atoms with E-state index in [4.69, 9.17) is 27.2 Å². The Hall–Kier alpha value is -5.97. The van der Waals surface area contributed by atoms with E-state index in [9.17, 15) is 14.4 Å². The summed E-state index contributed by atoms with van der Waals surface area (Å²) in [6, 6.07) is 19.0. The van der Waals surface area contributed by atoms with Crippen LogP contribution in [-0.4, -0.2) is 117 Å². The zero-order valence-electron chi connectivity index (χ0n) is 44.0. The standard InChI is InChI=1S/C31H42N6O2.C27H39N7O/c1-3-27(38)19-24-7-6-16-37(21(24)2)28-20-33-29(30(32)39)31(35-28)34-25-12-10-22(11-13-25)23-14-17-36(18-15-23)26-8-4-5-9-26;1-18-23(28)7-4-14-34(18)24-17-30-25(26(29)35)27(32-24)31-21-10-8-19(9-11-21)20-12-15-33(16-13-20)22-5-2-3-6-22/h3,10-13,20-21,23-24,26H,1,4-9,14-19H2,2H3,(H2,32,39)(H,34,35);8-11,17-18,20,22-23H,2-7,12-16,28H2,1H3,(H2,29,35)(H,31,32)/t21-,24+;18-,23-/m11/s1. The van der Waals surface area contributed by atoms with Gasteiger partial charge >= 0.3 is 0 Å². The molecule has 8 N–H and O–H groups in total. The second-order valence-corrected chi connectivity index (χ2v) is 22.0. The number of likely N-dealkylation sites (tertiary alicyclic amines) is 2. The van der Waals surface area contributed by atoms with Crippen molar-refractivity contribution in [3.05, 3.63) is 96.1 Å². The number of carbonyl (C=O) groups excluding carboxylic acids is 3. The number of nitrogens with two attached hydrogens (primary N) is 3. The topological polar surface area (TPSA) is 218 Å². The number of hydrogen-bond donors (Lipinski definition) is 5. The molecule has 0 radical (unpaired) electrons. The largest absolute Gasteiger partial charge is 0.364 e. The monoisotopic (exact) mass is 1010 g/mol. The molecule has 2 saturated carbocycles. The van der Waals surface area contributed by atoms with Crippen molar-refractivity contribution in [2.24, 2.45) is 23.1 Å². The lowest BCUT2D eigenvalue weighted by Crippen LogP contribution is -2.50. The first-order chi connectivity index (χ1) is 35.9. The highest BCUT2D eigenvalue weighted by Gasteiger charge is 2.33. The summed E-state index contributed by atoms with van der Waals surface area (Å²) < 4.78 is 0. The van der Waals surface area contributed by atoms with E-state index >= 15 is 0 Å². The second kappa shape index (κ2) is 24.6. The molecule has 16 nitrogen and oxygen atoms in total. The van der Waals surface area contributed by atoms with E-state index in [-0.39, 0.29) is 41.2 Å². The minimum atomic E-state index is -0.622. The Morgan fingerprint density at radius 2 is 1.00 bits per heavy atom. The Morgan fingerprint density at radius 1 is 0.581 bits per heavy atom. The van der Waals surface area contributed by atoms with Crippen LogP contribution in [0.15, 0.2) is 73.6 Å². The molecule has 16 heteroatoms. The lowest BCUT2D eigenvalue weighted by atomic mass is 9.86. The van der Waals surface area contributed by atoms with E-state index in [1.165, 1.54) is 120 Å². The van der Waals surface area contributed by atoms with Crippen LogP contribution in [0.25, 0.3) is 0 Å². The third kappa shape index (κ3) is 12.7. The molecule has 10 rings (SSSR count). The number of benzene rings is 2. The normalized spacial score (nSPS) is 23.8. The molecule has 4 aliphatic heterocycles. The van der Waals surface area contributed by atoms with Gasteiger partial charge in [0.2, 0.25) is 0 Å². The molecule has 4 atom stereocenters. The van der Waals surface area contributed by atoms with Crippen molar-refractivity contribution in [3.63, 3.8) is 0 Å². The predicted molar refractivity (Wildman–Crippen MR) is 296 cm³/mol. The van der Waals surface area contributed by atoms with Gasteiger partial charge in [0.05, 0.1) is 12.4 Å². The number of rotatable bonds is 15. The van der Waals surface area contributed by atoms with Crippen molar-refractivity contribution in [1.29, 1.82) is 0 Å². The van der Waals surface area contributed by atoms with Crippen LogP contribution in [0.1, 0.15) is 167 Å². The molecule has 0 unspecified atom stereocenters. The molecule has 2 aromatic heterocycles. The van der Waals surface area contributed by atoms with Gasteiger partial charge in [0, 0.05) is 61.1 Å². The van der Waals surface area contributed by atoms with Gasteiger partial charge in [-0.25, -0.2) is 19.9 Å². The number of hydrogen-bond acceptors (Lipinski definition) is 14. The molecular formula is C58H81N13O3. The Balaban J connectivity index is 0.000000183. The lowest BCUT2D eigenvalue weighted by molar-refractivity contribution is -0.115. The van der Waals surface area contributed by atoms with Gasteiger partial charge in [-0.2, -0.15) is 0 Å². The van der Waals surface area contributed by atoms with Crippen LogP contribution >= 0.6 is 0 Å². The SMILES string of the molecule is C=CC(=O)C[C@@H]1CCCN(c2cnc(C(N)=O)c(Nc3ccc(C4CCN(C5CCCC5)CC4)cc3)n2)[C@@H]1C.C[C@@H]1[C@H](N)CCCN1c1cnc(C(N)=O)c(Nc2ccc(C3CCN(C4CCCC4)CC3)cc2)n1. The average Bonchev–Trinajstić information content (AvgIpc) is 4.18. The summed E-state index contributed by atoms with van der Waals surface area (Å²) in [4.78, 5) is 64.3. The highest BCUT2D eigenvalue weighted by Crippen LogP contribution is 2.37. The Kier molecular flexibility index (Phi) is 17.6. The minimum Gasteiger partial charge on any atom is -0.364 e. The van der Waals surface area contributed by atoms with Gasteiger partial charge in [-0.05, 0) is 176 Å². The average molecular weight is 1010 g/mol. The Labute approximate surface area is 438 Å². The highest BCUT2D eigenvalue weighted by molar-refractivity contribution is 5.97. The van der Waals surface area contributed by atoms with Crippen LogP contribution in [0.4, 0.5) is 34.6 Å². The number of nitrogens with zero attached hydrogens (tertiary/aromatic N) is 8. The molecule has 2 aliphatic carbocycles. The molecule has 2 amide bonds. The maximum atomic E-state index is 12.2. The molecule has 0 bridgehead atoms. The van der Waals surface area contributed by atoms with Gasteiger partial charge in [-0.1, -0.05) is 56.5 Å². The maximum absolute atomic E-state index is 12.2. The van der Waals surface area contributed by atoms with Crippen LogP contribution in [0, 0.1) is 5.92 Å². The summed E-state index contributed by atoms with van der Waals surface area (Å²) in [7, 11) is 0. The number of amides is 2. The molecule has 0 spiro atoms. The van der Waals surface area contributed by atoms with Crippen LogP contribution < -0.4 is 37.6 Å². The zero-order valence-corrected chi connectivity index (χ0v) is 44.0. The van der Waals surface area contributed by atoms with Crippen LogP contribution in [-0.2, 0) is 4.79 Å². The molecule has 6 fully saturated rings. The Morgan fingerprint density at radius 3 is 1.42 bits per heavy atom. The van der Waals surface area contributed by atoms with Crippen molar-refractivity contribution in [3.8, 4) is 0 Å².